The van der Waals surface area contributed by atoms with Crippen LogP contribution in [0.25, 0.3) is 11.0 Å². The minimum atomic E-state index is -3.77. The standard InChI is InChI=1S/C18H17ClN4O3S2/c19-13-6-1-2-7-14(13)20-18(24)12-5-4-10-23(11-12)28(25,26)16-9-3-8-15-17(16)22-27-21-15/h1-3,6-9,12H,4-5,10-11H2,(H,20,24). The Balaban J connectivity index is 1.55. The molecule has 2 heterocycles. The van der Waals surface area contributed by atoms with Crippen LogP contribution in [0.3, 0.4) is 0 Å². The molecule has 0 spiro atoms. The Morgan fingerprint density at radius 2 is 2.00 bits per heavy atom. The Morgan fingerprint density at radius 1 is 1.18 bits per heavy atom. The summed E-state index contributed by atoms with van der Waals surface area (Å²) in [5, 5.41) is 3.25. The van der Waals surface area contributed by atoms with Gasteiger partial charge in [-0.05, 0) is 37.1 Å². The smallest absolute Gasteiger partial charge is 0.245 e. The van der Waals surface area contributed by atoms with Crippen molar-refractivity contribution in [3.8, 4) is 0 Å². The van der Waals surface area contributed by atoms with Crippen molar-refractivity contribution in [1.29, 1.82) is 0 Å². The average Bonchev–Trinajstić information content (AvgIpc) is 3.18. The fourth-order valence-corrected chi connectivity index (χ4v) is 5.76. The number of nitrogens with zero attached hydrogens (tertiary/aromatic N) is 3. The highest BCUT2D eigenvalue weighted by Gasteiger charge is 2.34. The molecule has 7 nitrogen and oxygen atoms in total. The number of carbonyl (C=O) groups excluding carboxylic acids is 1. The summed E-state index contributed by atoms with van der Waals surface area (Å²) in [6.45, 7) is 0.485. The van der Waals surface area contributed by atoms with E-state index in [1.165, 1.54) is 10.4 Å². The van der Waals surface area contributed by atoms with Crippen molar-refractivity contribution >= 4 is 56.0 Å². The predicted molar refractivity (Wildman–Crippen MR) is 109 cm³/mol. The molecule has 4 rings (SSSR count). The molecule has 1 atom stereocenters. The maximum atomic E-state index is 13.2. The summed E-state index contributed by atoms with van der Waals surface area (Å²) in [7, 11) is -3.77. The number of sulfonamides is 1. The van der Waals surface area contributed by atoms with Gasteiger partial charge in [-0.3, -0.25) is 4.79 Å². The van der Waals surface area contributed by atoms with E-state index >= 15 is 0 Å². The van der Waals surface area contributed by atoms with Gasteiger partial charge in [0.15, 0.2) is 0 Å². The molecule has 1 saturated heterocycles. The van der Waals surface area contributed by atoms with Gasteiger partial charge < -0.3 is 5.32 Å². The maximum absolute atomic E-state index is 13.2. The number of halogens is 1. The van der Waals surface area contributed by atoms with Crippen LogP contribution in [0, 0.1) is 5.92 Å². The van der Waals surface area contributed by atoms with Crippen molar-refractivity contribution in [2.45, 2.75) is 17.7 Å². The Bertz CT molecular complexity index is 1130. The number of piperidine rings is 1. The van der Waals surface area contributed by atoms with Crippen LogP contribution >= 0.6 is 23.3 Å². The van der Waals surface area contributed by atoms with Crippen molar-refractivity contribution < 1.29 is 13.2 Å². The summed E-state index contributed by atoms with van der Waals surface area (Å²) in [6, 6.07) is 11.9. The molecule has 0 bridgehead atoms. The van der Waals surface area contributed by atoms with Crippen LogP contribution in [-0.4, -0.2) is 40.5 Å². The molecule has 28 heavy (non-hydrogen) atoms. The van der Waals surface area contributed by atoms with Gasteiger partial charge in [-0.25, -0.2) is 8.42 Å². The number of benzene rings is 2. The largest absolute Gasteiger partial charge is 0.324 e. The van der Waals surface area contributed by atoms with Crippen LogP contribution in [0.2, 0.25) is 5.02 Å². The molecule has 146 valence electrons. The first-order valence-electron chi connectivity index (χ1n) is 8.73. The molecular weight excluding hydrogens is 420 g/mol. The topological polar surface area (TPSA) is 92.3 Å². The van der Waals surface area contributed by atoms with E-state index in [0.29, 0.717) is 41.1 Å². The Morgan fingerprint density at radius 3 is 2.82 bits per heavy atom. The van der Waals surface area contributed by atoms with E-state index in [4.69, 9.17) is 11.6 Å². The van der Waals surface area contributed by atoms with Gasteiger partial charge in [0.25, 0.3) is 0 Å². The number of hydrogen-bond acceptors (Lipinski definition) is 6. The normalized spacial score (nSPS) is 18.2. The van der Waals surface area contributed by atoms with E-state index in [9.17, 15) is 13.2 Å². The lowest BCUT2D eigenvalue weighted by atomic mass is 9.99. The first-order valence-corrected chi connectivity index (χ1v) is 11.3. The summed E-state index contributed by atoms with van der Waals surface area (Å²) in [4.78, 5) is 12.8. The van der Waals surface area contributed by atoms with Gasteiger partial charge in [0, 0.05) is 13.1 Å². The van der Waals surface area contributed by atoms with Crippen LogP contribution < -0.4 is 5.32 Å². The minimum absolute atomic E-state index is 0.118. The van der Waals surface area contributed by atoms with Crippen molar-refractivity contribution in [1.82, 2.24) is 13.1 Å². The lowest BCUT2D eigenvalue weighted by Crippen LogP contribution is -2.43. The Labute approximate surface area is 171 Å². The molecule has 1 fully saturated rings. The first kappa shape index (κ1) is 19.3. The number of carbonyl (C=O) groups is 1. The lowest BCUT2D eigenvalue weighted by molar-refractivity contribution is -0.120. The first-order chi connectivity index (χ1) is 13.5. The fraction of sp³-hybridized carbons (Fsp3) is 0.278. The third kappa shape index (κ3) is 3.62. The molecule has 10 heteroatoms. The third-order valence-corrected chi connectivity index (χ3v) is 7.52. The molecule has 0 saturated carbocycles. The average molecular weight is 437 g/mol. The van der Waals surface area contributed by atoms with Crippen LogP contribution in [0.15, 0.2) is 47.4 Å². The van der Waals surface area contributed by atoms with Crippen LogP contribution in [0.5, 0.6) is 0 Å². The Hall–Kier alpha value is -2.07. The fourth-order valence-electron chi connectivity index (χ4n) is 3.30. The van der Waals surface area contributed by atoms with Gasteiger partial charge in [0.05, 0.1) is 28.4 Å². The van der Waals surface area contributed by atoms with Gasteiger partial charge in [0.2, 0.25) is 15.9 Å². The van der Waals surface area contributed by atoms with E-state index < -0.39 is 15.9 Å². The second-order valence-corrected chi connectivity index (χ2v) is 9.40. The number of nitrogens with one attached hydrogen (secondary N) is 1. The SMILES string of the molecule is O=C(Nc1ccccc1Cl)C1CCCN(S(=O)(=O)c2cccc3nsnc23)C1. The minimum Gasteiger partial charge on any atom is -0.324 e. The second-order valence-electron chi connectivity index (χ2n) is 6.56. The molecule has 1 unspecified atom stereocenters. The summed E-state index contributed by atoms with van der Waals surface area (Å²) >= 11 is 7.08. The highest BCUT2D eigenvalue weighted by atomic mass is 35.5. The molecule has 1 N–H and O–H groups in total. The van der Waals surface area contributed by atoms with Gasteiger partial charge in [0.1, 0.15) is 15.9 Å². The zero-order chi connectivity index (χ0) is 19.7. The van der Waals surface area contributed by atoms with Crippen molar-refractivity contribution in [3.05, 3.63) is 47.5 Å². The quantitative estimate of drug-likeness (QED) is 0.676. The van der Waals surface area contributed by atoms with Crippen LogP contribution in [0.4, 0.5) is 5.69 Å². The zero-order valence-corrected chi connectivity index (χ0v) is 17.1. The highest BCUT2D eigenvalue weighted by Crippen LogP contribution is 2.29. The summed E-state index contributed by atoms with van der Waals surface area (Å²) < 4.78 is 36.0. The molecule has 2 aromatic carbocycles. The van der Waals surface area contributed by atoms with E-state index in [0.717, 1.165) is 11.7 Å². The lowest BCUT2D eigenvalue weighted by Gasteiger charge is -2.31. The molecular formula is C18H17ClN4O3S2. The van der Waals surface area contributed by atoms with Gasteiger partial charge in [-0.15, -0.1) is 0 Å². The molecule has 0 radical (unpaired) electrons. The third-order valence-electron chi connectivity index (χ3n) is 4.75. The van der Waals surface area contributed by atoms with E-state index in [-0.39, 0.29) is 17.3 Å². The number of para-hydroxylation sites is 1. The summed E-state index contributed by atoms with van der Waals surface area (Å²) in [5.41, 5.74) is 1.44. The van der Waals surface area contributed by atoms with E-state index in [1.807, 2.05) is 0 Å². The van der Waals surface area contributed by atoms with Gasteiger partial charge in [-0.1, -0.05) is 29.8 Å². The molecule has 1 amide bonds. The zero-order valence-electron chi connectivity index (χ0n) is 14.7. The molecule has 1 aliphatic rings. The molecule has 3 aromatic rings. The number of amides is 1. The Kier molecular flexibility index (Phi) is 5.33. The molecule has 1 aliphatic heterocycles. The monoisotopic (exact) mass is 436 g/mol. The summed E-state index contributed by atoms with van der Waals surface area (Å²) in [6.07, 6.45) is 1.22. The summed E-state index contributed by atoms with van der Waals surface area (Å²) in [5.74, 6) is -0.686. The van der Waals surface area contributed by atoms with Crippen molar-refractivity contribution in [3.63, 3.8) is 0 Å². The second kappa shape index (κ2) is 7.75. The van der Waals surface area contributed by atoms with E-state index in [2.05, 4.69) is 14.1 Å². The maximum Gasteiger partial charge on any atom is 0.245 e. The van der Waals surface area contributed by atoms with Crippen molar-refractivity contribution in [2.75, 3.05) is 18.4 Å². The highest BCUT2D eigenvalue weighted by molar-refractivity contribution is 7.89. The van der Waals surface area contributed by atoms with Crippen molar-refractivity contribution in [2.24, 2.45) is 5.92 Å². The molecule has 1 aromatic heterocycles. The number of fused-ring (bicyclic) bond motifs is 1. The van der Waals surface area contributed by atoms with Gasteiger partial charge >= 0.3 is 0 Å². The number of rotatable bonds is 4. The van der Waals surface area contributed by atoms with Crippen LogP contribution in [0.1, 0.15) is 12.8 Å². The number of hydrogen-bond donors (Lipinski definition) is 1. The number of aromatic nitrogens is 2. The molecule has 0 aliphatic carbocycles. The van der Waals surface area contributed by atoms with E-state index in [1.54, 1.807) is 36.4 Å². The predicted octanol–water partition coefficient (Wildman–Crippen LogP) is 3.38. The van der Waals surface area contributed by atoms with Gasteiger partial charge in [-0.2, -0.15) is 13.1 Å². The number of anilines is 1. The van der Waals surface area contributed by atoms with Crippen LogP contribution in [-0.2, 0) is 14.8 Å².